The van der Waals surface area contributed by atoms with Crippen molar-refractivity contribution in [3.63, 3.8) is 0 Å². The van der Waals surface area contributed by atoms with E-state index in [1.54, 1.807) is 25.6 Å². The van der Waals surface area contributed by atoms with Gasteiger partial charge in [0.25, 0.3) is 0 Å². The third kappa shape index (κ3) is 6.26. The Morgan fingerprint density at radius 2 is 1.53 bits per heavy atom. The van der Waals surface area contributed by atoms with E-state index in [4.69, 9.17) is 9.47 Å². The van der Waals surface area contributed by atoms with Gasteiger partial charge in [-0.1, -0.05) is 98.8 Å². The lowest BCUT2D eigenvalue weighted by Gasteiger charge is -2.71. The van der Waals surface area contributed by atoms with E-state index in [2.05, 4.69) is 55.7 Å². The van der Waals surface area contributed by atoms with Gasteiger partial charge in [0.1, 0.15) is 0 Å². The Labute approximate surface area is 352 Å². The van der Waals surface area contributed by atoms with Crippen molar-refractivity contribution >= 4 is 23.0 Å². The van der Waals surface area contributed by atoms with Crippen molar-refractivity contribution in [3.8, 4) is 22.6 Å². The standard InChI is InChI=1S/C51H57NO6S/c1-47-22-18-38(53)31-49(47)25-26-51(40(32-49)46(55)37-15-13-36(14-16-37)35-9-6-5-7-10-35)43(47)19-23-48(2)44(51)20-24-50(48,56)33-52(27-21-39-11-8-28-59-39)45(54)30-34-12-17-41(57-3)42(29-34)58-4/h5-17,25-26,28-29,32,38,43-44,53,56H,18-24,27,30-31,33H2,1-4H3/t38?,43-,44-,47-,48+,49+,50-,51-/m1/s1. The van der Waals surface area contributed by atoms with Crippen LogP contribution < -0.4 is 9.47 Å². The summed E-state index contributed by atoms with van der Waals surface area (Å²) >= 11 is 1.68. The molecule has 0 saturated heterocycles. The molecule has 6 aliphatic rings. The fraction of sp³-hybridized carbons (Fsp3) is 0.451. The predicted octanol–water partition coefficient (Wildman–Crippen LogP) is 9.52. The summed E-state index contributed by atoms with van der Waals surface area (Å²) in [5.74, 6) is 1.36. The Hall–Kier alpha value is -4.50. The number of rotatable bonds is 12. The van der Waals surface area contributed by atoms with Crippen molar-refractivity contribution in [1.82, 2.24) is 4.90 Å². The highest BCUT2D eigenvalue weighted by Gasteiger charge is 2.74. The molecule has 8 heteroatoms. The molecule has 2 N–H and O–H groups in total. The molecule has 3 aromatic carbocycles. The maximum Gasteiger partial charge on any atom is 0.227 e. The first-order valence-electron chi connectivity index (χ1n) is 21.4. The summed E-state index contributed by atoms with van der Waals surface area (Å²) in [7, 11) is 3.20. The number of aliphatic hydroxyl groups excluding tert-OH is 1. The van der Waals surface area contributed by atoms with Crippen molar-refractivity contribution in [2.45, 2.75) is 83.3 Å². The van der Waals surface area contributed by atoms with E-state index in [0.717, 1.165) is 54.4 Å². The summed E-state index contributed by atoms with van der Waals surface area (Å²) in [6.45, 7) is 5.38. The summed E-state index contributed by atoms with van der Waals surface area (Å²) in [5.41, 5.74) is 1.62. The molecule has 1 aromatic heterocycles. The van der Waals surface area contributed by atoms with E-state index < -0.39 is 27.9 Å². The van der Waals surface area contributed by atoms with Crippen LogP contribution in [0.25, 0.3) is 11.1 Å². The topological polar surface area (TPSA) is 96.3 Å². The zero-order valence-electron chi connectivity index (χ0n) is 34.8. The van der Waals surface area contributed by atoms with Crippen LogP contribution in [0.4, 0.5) is 0 Å². The average molecular weight is 812 g/mol. The fourth-order valence-corrected chi connectivity index (χ4v) is 13.5. The smallest absolute Gasteiger partial charge is 0.227 e. The fourth-order valence-electron chi connectivity index (χ4n) is 12.8. The van der Waals surface area contributed by atoms with Crippen molar-refractivity contribution in [3.05, 3.63) is 130 Å². The van der Waals surface area contributed by atoms with Crippen molar-refractivity contribution < 1.29 is 29.3 Å². The second kappa shape index (κ2) is 14.9. The highest BCUT2D eigenvalue weighted by atomic mass is 32.1. The number of allylic oxidation sites excluding steroid dienone is 4. The van der Waals surface area contributed by atoms with Crippen LogP contribution >= 0.6 is 11.3 Å². The molecule has 4 aromatic rings. The van der Waals surface area contributed by atoms with Gasteiger partial charge < -0.3 is 24.6 Å². The third-order valence-corrected chi connectivity index (χ3v) is 17.0. The Kier molecular flexibility index (Phi) is 10.1. The summed E-state index contributed by atoms with van der Waals surface area (Å²) in [6.07, 6.45) is 12.7. The number of amides is 1. The Morgan fingerprint density at radius 3 is 2.25 bits per heavy atom. The maximum absolute atomic E-state index is 15.2. The van der Waals surface area contributed by atoms with Gasteiger partial charge in [-0.3, -0.25) is 9.59 Å². The molecule has 0 aliphatic heterocycles. The number of carbonyl (C=O) groups is 2. The number of ether oxygens (including phenoxy) is 2. The van der Waals surface area contributed by atoms with Gasteiger partial charge in [-0.25, -0.2) is 0 Å². The molecule has 3 saturated carbocycles. The largest absolute Gasteiger partial charge is 0.493 e. The first kappa shape index (κ1) is 39.9. The minimum Gasteiger partial charge on any atom is -0.493 e. The molecule has 2 spiro atoms. The van der Waals surface area contributed by atoms with Crippen LogP contribution in [0, 0.1) is 33.5 Å². The average Bonchev–Trinajstić information content (AvgIpc) is 3.87. The number of benzene rings is 3. The van der Waals surface area contributed by atoms with E-state index in [1.807, 2.05) is 71.6 Å². The van der Waals surface area contributed by atoms with Crippen molar-refractivity contribution in [1.29, 1.82) is 0 Å². The Bertz CT molecular complexity index is 2290. The zero-order chi connectivity index (χ0) is 41.2. The second-order valence-corrected chi connectivity index (χ2v) is 19.6. The van der Waals surface area contributed by atoms with Gasteiger partial charge in [0, 0.05) is 45.3 Å². The van der Waals surface area contributed by atoms with E-state index >= 15 is 4.79 Å². The van der Waals surface area contributed by atoms with Gasteiger partial charge in [0.15, 0.2) is 17.3 Å². The van der Waals surface area contributed by atoms with Crippen LogP contribution in [0.3, 0.4) is 0 Å². The molecule has 8 atom stereocenters. The first-order valence-corrected chi connectivity index (χ1v) is 22.3. The van der Waals surface area contributed by atoms with E-state index in [0.29, 0.717) is 42.9 Å². The minimum absolute atomic E-state index is 0.0177. The normalized spacial score (nSPS) is 32.7. The molecule has 0 radical (unpaired) electrons. The highest BCUT2D eigenvalue weighted by Crippen LogP contribution is 2.78. The number of thiophene rings is 1. The molecular weight excluding hydrogens is 755 g/mol. The van der Waals surface area contributed by atoms with E-state index in [-0.39, 0.29) is 41.9 Å². The van der Waals surface area contributed by atoms with Crippen LogP contribution in [0.2, 0.25) is 0 Å². The van der Waals surface area contributed by atoms with Crippen molar-refractivity contribution in [2.24, 2.45) is 33.5 Å². The number of aliphatic hydroxyl groups is 2. The van der Waals surface area contributed by atoms with Crippen LogP contribution in [0.15, 0.2) is 114 Å². The van der Waals surface area contributed by atoms with Crippen LogP contribution in [0.5, 0.6) is 11.5 Å². The molecule has 1 heterocycles. The summed E-state index contributed by atoms with van der Waals surface area (Å²) < 4.78 is 11.0. The number of hydrogen-bond donors (Lipinski definition) is 2. The minimum atomic E-state index is -1.17. The molecule has 308 valence electrons. The monoisotopic (exact) mass is 811 g/mol. The molecule has 1 amide bonds. The molecule has 6 aliphatic carbocycles. The van der Waals surface area contributed by atoms with E-state index in [9.17, 15) is 15.0 Å². The van der Waals surface area contributed by atoms with Gasteiger partial charge in [0.05, 0.1) is 32.3 Å². The summed E-state index contributed by atoms with van der Waals surface area (Å²) in [5, 5.41) is 26.5. The lowest BCUT2D eigenvalue weighted by atomic mass is 9.32. The maximum atomic E-state index is 15.2. The molecule has 59 heavy (non-hydrogen) atoms. The zero-order valence-corrected chi connectivity index (χ0v) is 35.6. The molecule has 7 nitrogen and oxygen atoms in total. The number of ketones is 1. The number of hydrogen-bond acceptors (Lipinski definition) is 7. The quantitative estimate of drug-likeness (QED) is 0.109. The molecule has 1 unspecified atom stereocenters. The number of carbonyl (C=O) groups excluding carboxylic acids is 2. The van der Waals surface area contributed by atoms with Gasteiger partial charge in [-0.15, -0.1) is 11.3 Å². The van der Waals surface area contributed by atoms with Crippen LogP contribution in [-0.2, 0) is 17.6 Å². The van der Waals surface area contributed by atoms with Gasteiger partial charge in [-0.05, 0) is 109 Å². The molecule has 2 bridgehead atoms. The number of Topliss-reactive ketones (excluding diaryl/α,β-unsaturated/α-hetero) is 1. The second-order valence-electron chi connectivity index (χ2n) is 18.6. The van der Waals surface area contributed by atoms with Crippen molar-refractivity contribution in [2.75, 3.05) is 27.3 Å². The highest BCUT2D eigenvalue weighted by molar-refractivity contribution is 7.09. The first-order chi connectivity index (χ1) is 28.4. The molecular formula is C51H57NO6S. The van der Waals surface area contributed by atoms with Gasteiger partial charge in [-0.2, -0.15) is 0 Å². The predicted molar refractivity (Wildman–Crippen MR) is 233 cm³/mol. The van der Waals surface area contributed by atoms with Crippen LogP contribution in [-0.4, -0.2) is 65.8 Å². The number of nitrogens with zero attached hydrogens (tertiary/aromatic N) is 1. The van der Waals surface area contributed by atoms with Gasteiger partial charge in [0.2, 0.25) is 5.91 Å². The Balaban J connectivity index is 1.07. The third-order valence-electron chi connectivity index (χ3n) is 16.0. The summed E-state index contributed by atoms with van der Waals surface area (Å²) in [4.78, 5) is 32.8. The van der Waals surface area contributed by atoms with Crippen LogP contribution in [0.1, 0.15) is 79.6 Å². The molecule has 10 rings (SSSR count). The van der Waals surface area contributed by atoms with Gasteiger partial charge >= 0.3 is 0 Å². The summed E-state index contributed by atoms with van der Waals surface area (Å²) in [6, 6.07) is 28.0. The lowest BCUT2D eigenvalue weighted by Crippen LogP contribution is -2.67. The number of fused-ring (bicyclic) bond motifs is 1. The number of methoxy groups -OCH3 is 2. The SMILES string of the molecule is COc1ccc(CC(=O)N(CCc2cccs2)C[C@]2(O)CC[C@H]3[C@]45C=C[C@@]6(C=C4C(=O)c4ccc(-c7ccccc7)cc4)CC(O)CC[C@]6(C)[C@H]5CC[C@@]32C)cc1OC. The molecule has 3 fully saturated rings. The Morgan fingerprint density at radius 1 is 0.814 bits per heavy atom. The van der Waals surface area contributed by atoms with E-state index in [1.165, 1.54) is 4.88 Å². The lowest BCUT2D eigenvalue weighted by molar-refractivity contribution is -0.178.